The second-order valence-corrected chi connectivity index (χ2v) is 6.23. The molecule has 2 rings (SSSR count). The molecule has 2 aromatic rings. The van der Waals surface area contributed by atoms with Crippen LogP contribution in [0.3, 0.4) is 0 Å². The van der Waals surface area contributed by atoms with E-state index in [0.717, 1.165) is 16.8 Å². The zero-order valence-electron chi connectivity index (χ0n) is 9.27. The van der Waals surface area contributed by atoms with Gasteiger partial charge < -0.3 is 4.52 Å². The lowest BCUT2D eigenvalue weighted by atomic mass is 10.0. The first-order chi connectivity index (χ1) is 7.89. The van der Waals surface area contributed by atoms with E-state index in [9.17, 15) is 8.42 Å². The molecule has 0 unspecified atom stereocenters. The van der Waals surface area contributed by atoms with Gasteiger partial charge >= 0.3 is 0 Å². The highest BCUT2D eigenvalue weighted by Crippen LogP contribution is 2.28. The normalized spacial score (nSPS) is 11.7. The van der Waals surface area contributed by atoms with Crippen molar-refractivity contribution in [2.75, 3.05) is 0 Å². The van der Waals surface area contributed by atoms with Crippen LogP contribution in [0, 0.1) is 13.8 Å². The molecule has 0 aliphatic rings. The summed E-state index contributed by atoms with van der Waals surface area (Å²) in [6.45, 7) is 3.64. The van der Waals surface area contributed by atoms with Crippen LogP contribution in [-0.4, -0.2) is 13.6 Å². The van der Waals surface area contributed by atoms with Gasteiger partial charge in [-0.05, 0) is 31.5 Å². The Morgan fingerprint density at radius 1 is 1.18 bits per heavy atom. The molecule has 0 spiro atoms. The number of rotatable bonds is 2. The average molecular weight is 272 g/mol. The Bertz CT molecular complexity index is 624. The van der Waals surface area contributed by atoms with Crippen LogP contribution in [0.1, 0.15) is 11.5 Å². The summed E-state index contributed by atoms with van der Waals surface area (Å²) in [5.74, 6) is 0.698. The highest BCUT2D eigenvalue weighted by atomic mass is 35.7. The maximum Gasteiger partial charge on any atom is 0.261 e. The molecule has 1 aromatic heterocycles. The van der Waals surface area contributed by atoms with Gasteiger partial charge in [-0.1, -0.05) is 17.3 Å². The predicted octanol–water partition coefficient (Wildman–Crippen LogP) is 2.89. The Hall–Kier alpha value is -1.33. The Balaban J connectivity index is 2.50. The molecule has 0 aliphatic heterocycles. The number of halogens is 1. The van der Waals surface area contributed by atoms with Gasteiger partial charge in [-0.3, -0.25) is 0 Å². The van der Waals surface area contributed by atoms with Crippen LogP contribution in [0.4, 0.5) is 0 Å². The van der Waals surface area contributed by atoms with Gasteiger partial charge in [0.05, 0.1) is 10.6 Å². The van der Waals surface area contributed by atoms with E-state index in [1.54, 1.807) is 12.1 Å². The van der Waals surface area contributed by atoms with Crippen molar-refractivity contribution >= 4 is 19.7 Å². The monoisotopic (exact) mass is 271 g/mol. The Kier molecular flexibility index (Phi) is 2.97. The molecule has 4 nitrogen and oxygen atoms in total. The van der Waals surface area contributed by atoms with Crippen molar-refractivity contribution in [3.05, 3.63) is 35.7 Å². The van der Waals surface area contributed by atoms with E-state index < -0.39 is 9.05 Å². The zero-order valence-corrected chi connectivity index (χ0v) is 10.8. The molecule has 6 heteroatoms. The summed E-state index contributed by atoms with van der Waals surface area (Å²) in [4.78, 5) is 0.0784. The summed E-state index contributed by atoms with van der Waals surface area (Å²) in [7, 11) is 1.56. The van der Waals surface area contributed by atoms with Crippen molar-refractivity contribution in [2.24, 2.45) is 0 Å². The van der Waals surface area contributed by atoms with Gasteiger partial charge in [0, 0.05) is 16.2 Å². The highest BCUT2D eigenvalue weighted by Gasteiger charge is 2.13. The van der Waals surface area contributed by atoms with Crippen molar-refractivity contribution in [3.63, 3.8) is 0 Å². The minimum atomic E-state index is -3.68. The number of hydrogen-bond acceptors (Lipinski definition) is 4. The van der Waals surface area contributed by atoms with Crippen LogP contribution in [-0.2, 0) is 9.05 Å². The molecule has 1 heterocycles. The van der Waals surface area contributed by atoms with Crippen molar-refractivity contribution in [1.82, 2.24) is 5.16 Å². The van der Waals surface area contributed by atoms with Gasteiger partial charge in [-0.2, -0.15) is 0 Å². The second kappa shape index (κ2) is 4.16. The van der Waals surface area contributed by atoms with E-state index in [-0.39, 0.29) is 4.90 Å². The SMILES string of the molecule is Cc1noc(C)c1-c1ccc(S(=O)(=O)Cl)cc1. The number of nitrogens with zero attached hydrogens (tertiary/aromatic N) is 1. The standard InChI is InChI=1S/C11H10ClNO3S/c1-7-11(8(2)16-13-7)9-3-5-10(6-4-9)17(12,14)15/h3-6H,1-2H3. The molecule has 0 radical (unpaired) electrons. The van der Waals surface area contributed by atoms with Gasteiger partial charge in [0.1, 0.15) is 5.76 Å². The predicted molar refractivity (Wildman–Crippen MR) is 64.5 cm³/mol. The molecular formula is C11H10ClNO3S. The summed E-state index contributed by atoms with van der Waals surface area (Å²) in [5.41, 5.74) is 2.50. The van der Waals surface area contributed by atoms with Gasteiger partial charge in [0.25, 0.3) is 9.05 Å². The second-order valence-electron chi connectivity index (χ2n) is 3.66. The van der Waals surface area contributed by atoms with Crippen molar-refractivity contribution in [1.29, 1.82) is 0 Å². The van der Waals surface area contributed by atoms with E-state index in [1.807, 2.05) is 13.8 Å². The summed E-state index contributed by atoms with van der Waals surface area (Å²) < 4.78 is 27.3. The van der Waals surface area contributed by atoms with Crippen molar-refractivity contribution in [3.8, 4) is 11.1 Å². The molecule has 1 aromatic carbocycles. The van der Waals surface area contributed by atoms with Crippen LogP contribution in [0.5, 0.6) is 0 Å². The molecular weight excluding hydrogens is 262 g/mol. The van der Waals surface area contributed by atoms with Crippen LogP contribution >= 0.6 is 10.7 Å². The van der Waals surface area contributed by atoms with E-state index >= 15 is 0 Å². The van der Waals surface area contributed by atoms with E-state index in [2.05, 4.69) is 5.16 Å². The smallest absolute Gasteiger partial charge is 0.261 e. The topological polar surface area (TPSA) is 60.2 Å². The van der Waals surface area contributed by atoms with Crippen LogP contribution in [0.25, 0.3) is 11.1 Å². The third-order valence-electron chi connectivity index (χ3n) is 2.46. The molecule has 0 bridgehead atoms. The van der Waals surface area contributed by atoms with Gasteiger partial charge in [0.15, 0.2) is 0 Å². The molecule has 0 amide bonds. The van der Waals surface area contributed by atoms with E-state index in [4.69, 9.17) is 15.2 Å². The van der Waals surface area contributed by atoms with Crippen molar-refractivity contribution in [2.45, 2.75) is 18.7 Å². The van der Waals surface area contributed by atoms with Gasteiger partial charge in [-0.25, -0.2) is 8.42 Å². The van der Waals surface area contributed by atoms with Gasteiger partial charge in [0.2, 0.25) is 0 Å². The maximum atomic E-state index is 11.1. The van der Waals surface area contributed by atoms with Crippen LogP contribution in [0.15, 0.2) is 33.7 Å². The first kappa shape index (κ1) is 12.1. The number of aryl methyl sites for hydroxylation is 2. The molecule has 0 saturated heterocycles. The lowest BCUT2D eigenvalue weighted by Gasteiger charge is -2.01. The first-order valence-electron chi connectivity index (χ1n) is 4.87. The molecule has 17 heavy (non-hydrogen) atoms. The lowest BCUT2D eigenvalue weighted by Crippen LogP contribution is -1.90. The van der Waals surface area contributed by atoms with Gasteiger partial charge in [-0.15, -0.1) is 0 Å². The Labute approximate surface area is 104 Å². The fourth-order valence-corrected chi connectivity index (χ4v) is 2.45. The third-order valence-corrected chi connectivity index (χ3v) is 3.83. The Morgan fingerprint density at radius 2 is 1.76 bits per heavy atom. The lowest BCUT2D eigenvalue weighted by molar-refractivity contribution is 0.393. The number of aromatic nitrogens is 1. The summed E-state index contributed by atoms with van der Waals surface area (Å²) in [6.07, 6.45) is 0. The molecule has 0 atom stereocenters. The fourth-order valence-electron chi connectivity index (χ4n) is 1.68. The maximum absolute atomic E-state index is 11.1. The minimum Gasteiger partial charge on any atom is -0.361 e. The molecule has 90 valence electrons. The van der Waals surface area contributed by atoms with Crippen molar-refractivity contribution < 1.29 is 12.9 Å². The molecule has 0 fully saturated rings. The zero-order chi connectivity index (χ0) is 12.6. The molecule has 0 saturated carbocycles. The van der Waals surface area contributed by atoms with Crippen LogP contribution < -0.4 is 0 Å². The summed E-state index contributed by atoms with van der Waals surface area (Å²) >= 11 is 0. The highest BCUT2D eigenvalue weighted by molar-refractivity contribution is 8.13. The minimum absolute atomic E-state index is 0.0784. The Morgan fingerprint density at radius 3 is 2.18 bits per heavy atom. The van der Waals surface area contributed by atoms with Crippen LogP contribution in [0.2, 0.25) is 0 Å². The number of benzene rings is 1. The largest absolute Gasteiger partial charge is 0.361 e. The third kappa shape index (κ3) is 2.35. The van der Waals surface area contributed by atoms with E-state index in [1.165, 1.54) is 12.1 Å². The quantitative estimate of drug-likeness (QED) is 0.788. The average Bonchev–Trinajstić information content (AvgIpc) is 2.58. The first-order valence-corrected chi connectivity index (χ1v) is 7.18. The molecule has 0 aliphatic carbocycles. The summed E-state index contributed by atoms with van der Waals surface area (Å²) in [5, 5.41) is 3.84. The number of hydrogen-bond donors (Lipinski definition) is 0. The molecule has 0 N–H and O–H groups in total. The summed E-state index contributed by atoms with van der Waals surface area (Å²) in [6, 6.07) is 6.29. The van der Waals surface area contributed by atoms with E-state index in [0.29, 0.717) is 5.76 Å². The fraction of sp³-hybridized carbons (Fsp3) is 0.182.